The number of aromatic nitrogens is 2. The Morgan fingerprint density at radius 2 is 1.82 bits per heavy atom. The predicted octanol–water partition coefficient (Wildman–Crippen LogP) is 5.46. The minimum atomic E-state index is -4.87. The molecule has 0 radical (unpaired) electrons. The van der Waals surface area contributed by atoms with Crippen LogP contribution in [0, 0.1) is 0 Å². The second-order valence-electron chi connectivity index (χ2n) is 7.02. The van der Waals surface area contributed by atoms with E-state index in [1.165, 1.54) is 24.4 Å². The van der Waals surface area contributed by atoms with E-state index in [4.69, 9.17) is 5.11 Å². The number of nitrogens with zero attached hydrogens (tertiary/aromatic N) is 1. The lowest BCUT2D eigenvalue weighted by atomic mass is 10.00. The van der Waals surface area contributed by atoms with E-state index in [-0.39, 0.29) is 11.1 Å². The number of benzene rings is 2. The molecule has 166 valence electrons. The number of ether oxygens (including phenoxy) is 1. The second kappa shape index (κ2) is 8.62. The Morgan fingerprint density at radius 1 is 1.03 bits per heavy atom. The number of pyridine rings is 1. The van der Waals surface area contributed by atoms with Crippen LogP contribution in [0.4, 0.5) is 13.2 Å². The molecule has 2 heterocycles. The highest BCUT2D eigenvalue weighted by atomic mass is 19.4. The number of hydrogen-bond donors (Lipinski definition) is 2. The van der Waals surface area contributed by atoms with Crippen molar-refractivity contribution in [3.8, 4) is 16.9 Å². The van der Waals surface area contributed by atoms with Crippen LogP contribution < -0.4 is 4.74 Å². The molecule has 9 heteroatoms. The summed E-state index contributed by atoms with van der Waals surface area (Å²) in [5.74, 6) is -2.05. The average Bonchev–Trinajstić information content (AvgIpc) is 3.19. The number of carbonyl (C=O) groups is 2. The van der Waals surface area contributed by atoms with Gasteiger partial charge in [0.1, 0.15) is 11.4 Å². The SMILES string of the molecule is O=C(O)/C=C/c1cccc(-c2cnc3[nH]cc(C(=O)c4cccc(OC(F)(F)F)c4)c3c2)c1. The molecule has 4 aromatic rings. The predicted molar refractivity (Wildman–Crippen MR) is 115 cm³/mol. The van der Waals surface area contributed by atoms with E-state index in [1.54, 1.807) is 30.5 Å². The summed E-state index contributed by atoms with van der Waals surface area (Å²) < 4.78 is 41.5. The molecule has 0 saturated carbocycles. The minimum absolute atomic E-state index is 0.0314. The largest absolute Gasteiger partial charge is 0.573 e. The second-order valence-corrected chi connectivity index (χ2v) is 7.02. The topological polar surface area (TPSA) is 92.3 Å². The van der Waals surface area contributed by atoms with Crippen LogP contribution >= 0.6 is 0 Å². The summed E-state index contributed by atoms with van der Waals surface area (Å²) in [6.07, 6.45) is 0.673. The number of aromatic amines is 1. The number of rotatable bonds is 6. The zero-order valence-electron chi connectivity index (χ0n) is 16.8. The van der Waals surface area contributed by atoms with Gasteiger partial charge in [0.15, 0.2) is 5.78 Å². The Balaban J connectivity index is 1.70. The number of halogens is 3. The molecule has 2 aromatic carbocycles. The highest BCUT2D eigenvalue weighted by Crippen LogP contribution is 2.29. The molecule has 0 bridgehead atoms. The van der Waals surface area contributed by atoms with E-state index in [1.807, 2.05) is 6.07 Å². The standard InChI is InChI=1S/C24H15F3N2O4/c25-24(26,27)33-18-6-2-5-16(10-18)22(32)20-13-29-23-19(20)11-17(12-28-23)15-4-1-3-14(9-15)7-8-21(30)31/h1-13H,(H,28,29)(H,30,31)/b8-7+. The van der Waals surface area contributed by atoms with Crippen molar-refractivity contribution < 1.29 is 32.6 Å². The van der Waals surface area contributed by atoms with E-state index in [0.29, 0.717) is 22.2 Å². The first-order valence-corrected chi connectivity index (χ1v) is 9.59. The van der Waals surface area contributed by atoms with Gasteiger partial charge in [-0.15, -0.1) is 13.2 Å². The summed E-state index contributed by atoms with van der Waals surface area (Å²) in [6, 6.07) is 13.7. The Labute approximate surface area is 185 Å². The maximum Gasteiger partial charge on any atom is 0.573 e. The molecule has 33 heavy (non-hydrogen) atoms. The molecule has 0 atom stereocenters. The zero-order chi connectivity index (χ0) is 23.6. The fourth-order valence-electron chi connectivity index (χ4n) is 3.33. The Bertz CT molecular complexity index is 1390. The van der Waals surface area contributed by atoms with Gasteiger partial charge in [0.05, 0.1) is 0 Å². The van der Waals surface area contributed by atoms with E-state index < -0.39 is 23.9 Å². The van der Waals surface area contributed by atoms with Crippen LogP contribution in [0.25, 0.3) is 28.2 Å². The maximum atomic E-state index is 13.0. The molecular formula is C24H15F3N2O4. The molecule has 0 unspecified atom stereocenters. The molecule has 2 N–H and O–H groups in total. The summed E-state index contributed by atoms with van der Waals surface area (Å²) in [6.45, 7) is 0. The summed E-state index contributed by atoms with van der Waals surface area (Å²) in [5, 5.41) is 9.30. The van der Waals surface area contributed by atoms with E-state index in [0.717, 1.165) is 23.8 Å². The highest BCUT2D eigenvalue weighted by molar-refractivity contribution is 6.16. The van der Waals surface area contributed by atoms with Crippen molar-refractivity contribution >= 4 is 28.9 Å². The third kappa shape index (κ3) is 5.09. The van der Waals surface area contributed by atoms with E-state index in [9.17, 15) is 22.8 Å². The lowest BCUT2D eigenvalue weighted by Gasteiger charge is -2.09. The summed E-state index contributed by atoms with van der Waals surface area (Å²) in [5.41, 5.74) is 2.80. The number of carboxylic acid groups (broad SMARTS) is 1. The summed E-state index contributed by atoms with van der Waals surface area (Å²) in [4.78, 5) is 31.0. The zero-order valence-corrected chi connectivity index (χ0v) is 16.8. The molecule has 2 aromatic heterocycles. The molecule has 0 fully saturated rings. The normalized spacial score (nSPS) is 11.7. The van der Waals surface area contributed by atoms with Crippen molar-refractivity contribution in [1.82, 2.24) is 9.97 Å². The lowest BCUT2D eigenvalue weighted by molar-refractivity contribution is -0.274. The molecule has 0 aliphatic rings. The van der Waals surface area contributed by atoms with Crippen LogP contribution in [0.2, 0.25) is 0 Å². The molecule has 4 rings (SSSR count). The van der Waals surface area contributed by atoms with Crippen molar-refractivity contribution in [1.29, 1.82) is 0 Å². The monoisotopic (exact) mass is 452 g/mol. The van der Waals surface area contributed by atoms with Crippen LogP contribution in [0.3, 0.4) is 0 Å². The van der Waals surface area contributed by atoms with Gasteiger partial charge in [0, 0.05) is 40.5 Å². The number of nitrogens with one attached hydrogen (secondary N) is 1. The van der Waals surface area contributed by atoms with Crippen LogP contribution in [-0.4, -0.2) is 33.2 Å². The molecular weight excluding hydrogens is 437 g/mol. The van der Waals surface area contributed by atoms with E-state index >= 15 is 0 Å². The summed E-state index contributed by atoms with van der Waals surface area (Å²) in [7, 11) is 0. The maximum absolute atomic E-state index is 13.0. The minimum Gasteiger partial charge on any atom is -0.478 e. The lowest BCUT2D eigenvalue weighted by Crippen LogP contribution is -2.17. The molecule has 0 aliphatic carbocycles. The third-order valence-corrected chi connectivity index (χ3v) is 4.74. The number of hydrogen-bond acceptors (Lipinski definition) is 4. The first-order chi connectivity index (χ1) is 15.7. The number of aliphatic carboxylic acids is 1. The van der Waals surface area contributed by atoms with Crippen LogP contribution in [-0.2, 0) is 4.79 Å². The molecule has 0 spiro atoms. The van der Waals surface area contributed by atoms with Crippen LogP contribution in [0.5, 0.6) is 5.75 Å². The number of H-pyrrole nitrogens is 1. The van der Waals surface area contributed by atoms with Gasteiger partial charge < -0.3 is 14.8 Å². The van der Waals surface area contributed by atoms with Gasteiger partial charge in [-0.2, -0.15) is 0 Å². The van der Waals surface area contributed by atoms with E-state index in [2.05, 4.69) is 14.7 Å². The third-order valence-electron chi connectivity index (χ3n) is 4.74. The number of fused-ring (bicyclic) bond motifs is 1. The Hall–Kier alpha value is -4.40. The van der Waals surface area contributed by atoms with Crippen molar-refractivity contribution in [3.63, 3.8) is 0 Å². The quantitative estimate of drug-likeness (QED) is 0.300. The van der Waals surface area contributed by atoms with Gasteiger partial charge in [-0.3, -0.25) is 4.79 Å². The first-order valence-electron chi connectivity index (χ1n) is 9.59. The van der Waals surface area contributed by atoms with Crippen molar-refractivity contribution in [2.75, 3.05) is 0 Å². The average molecular weight is 452 g/mol. The van der Waals surface area contributed by atoms with Gasteiger partial charge in [-0.1, -0.05) is 30.3 Å². The smallest absolute Gasteiger partial charge is 0.478 e. The summed E-state index contributed by atoms with van der Waals surface area (Å²) >= 11 is 0. The van der Waals surface area contributed by atoms with Gasteiger partial charge in [-0.05, 0) is 41.5 Å². The molecule has 6 nitrogen and oxygen atoms in total. The van der Waals surface area contributed by atoms with Crippen LogP contribution in [0.1, 0.15) is 21.5 Å². The highest BCUT2D eigenvalue weighted by Gasteiger charge is 2.31. The van der Waals surface area contributed by atoms with Gasteiger partial charge in [-0.25, -0.2) is 9.78 Å². The molecule has 0 aliphatic heterocycles. The Kier molecular flexibility index (Phi) is 5.70. The first kappa shape index (κ1) is 21.8. The number of alkyl halides is 3. The van der Waals surface area contributed by atoms with Crippen molar-refractivity contribution in [3.05, 3.63) is 89.8 Å². The van der Waals surface area contributed by atoms with Crippen LogP contribution in [0.15, 0.2) is 73.1 Å². The van der Waals surface area contributed by atoms with Gasteiger partial charge >= 0.3 is 12.3 Å². The van der Waals surface area contributed by atoms with Gasteiger partial charge in [0.2, 0.25) is 0 Å². The molecule has 0 amide bonds. The number of ketones is 1. The molecule has 0 saturated heterocycles. The van der Waals surface area contributed by atoms with Crippen molar-refractivity contribution in [2.45, 2.75) is 6.36 Å². The van der Waals surface area contributed by atoms with Gasteiger partial charge in [0.25, 0.3) is 0 Å². The fourth-order valence-corrected chi connectivity index (χ4v) is 3.33. The number of carboxylic acids is 1. The Morgan fingerprint density at radius 3 is 2.58 bits per heavy atom. The fraction of sp³-hybridized carbons (Fsp3) is 0.0417. The number of carbonyl (C=O) groups excluding carboxylic acids is 1. The van der Waals surface area contributed by atoms with Crippen molar-refractivity contribution in [2.24, 2.45) is 0 Å².